The summed E-state index contributed by atoms with van der Waals surface area (Å²) in [7, 11) is -1.48. The highest BCUT2D eigenvalue weighted by molar-refractivity contribution is 7.89. The van der Waals surface area contributed by atoms with Crippen LogP contribution in [0.4, 0.5) is 0 Å². The molecule has 1 unspecified atom stereocenters. The number of sulfonamides is 1. The Kier molecular flexibility index (Phi) is 5.78. The highest BCUT2D eigenvalue weighted by Gasteiger charge is 2.27. The Bertz CT molecular complexity index is 541. The van der Waals surface area contributed by atoms with Gasteiger partial charge < -0.3 is 5.32 Å². The Balaban J connectivity index is 2.05. The molecule has 0 aromatic carbocycles. The zero-order valence-electron chi connectivity index (χ0n) is 13.0. The zero-order chi connectivity index (χ0) is 15.3. The van der Waals surface area contributed by atoms with E-state index >= 15 is 0 Å². The van der Waals surface area contributed by atoms with Gasteiger partial charge in [-0.25, -0.2) is 8.42 Å². The first-order valence-corrected chi connectivity index (χ1v) is 9.15. The summed E-state index contributed by atoms with van der Waals surface area (Å²) in [6, 6.07) is 0. The Labute approximate surface area is 127 Å². The van der Waals surface area contributed by atoms with Gasteiger partial charge in [0.2, 0.25) is 10.0 Å². The lowest BCUT2D eigenvalue weighted by Gasteiger charge is -2.18. The summed E-state index contributed by atoms with van der Waals surface area (Å²) in [5.74, 6) is 0.606. The molecule has 2 heterocycles. The standard InChI is InChI=1S/C14H26N4O2S/c1-13-5-3-9-18(10-6-13)21(19,20)14-11-16-17(12-14)8-4-7-15-2/h11-13,15H,3-10H2,1-2H3. The fraction of sp³-hybridized carbons (Fsp3) is 0.786. The number of hydrogen-bond acceptors (Lipinski definition) is 4. The maximum Gasteiger partial charge on any atom is 0.246 e. The van der Waals surface area contributed by atoms with E-state index in [0.717, 1.165) is 38.8 Å². The molecule has 1 atom stereocenters. The Hall–Kier alpha value is -0.920. The molecule has 0 saturated carbocycles. The normalized spacial score (nSPS) is 21.3. The molecule has 1 aliphatic rings. The molecule has 0 radical (unpaired) electrons. The van der Waals surface area contributed by atoms with Crippen LogP contribution >= 0.6 is 0 Å². The summed E-state index contributed by atoms with van der Waals surface area (Å²) in [5.41, 5.74) is 0. The molecule has 120 valence electrons. The van der Waals surface area contributed by atoms with Gasteiger partial charge in [0.25, 0.3) is 0 Å². The third kappa shape index (κ3) is 4.28. The monoisotopic (exact) mass is 314 g/mol. The molecule has 1 aromatic rings. The van der Waals surface area contributed by atoms with Gasteiger partial charge in [-0.1, -0.05) is 6.92 Å². The summed E-state index contributed by atoms with van der Waals surface area (Å²) in [5, 5.41) is 7.24. The molecule has 2 rings (SSSR count). The molecule has 0 aliphatic carbocycles. The molecule has 1 aliphatic heterocycles. The predicted octanol–water partition coefficient (Wildman–Crippen LogP) is 1.30. The Morgan fingerprint density at radius 2 is 2.19 bits per heavy atom. The van der Waals surface area contributed by atoms with Gasteiger partial charge in [-0.2, -0.15) is 9.40 Å². The van der Waals surface area contributed by atoms with E-state index in [2.05, 4.69) is 17.3 Å². The van der Waals surface area contributed by atoms with Crippen molar-refractivity contribution >= 4 is 10.0 Å². The van der Waals surface area contributed by atoms with E-state index < -0.39 is 10.0 Å². The molecular weight excluding hydrogens is 288 g/mol. The number of nitrogens with one attached hydrogen (secondary N) is 1. The van der Waals surface area contributed by atoms with Crippen LogP contribution in [-0.2, 0) is 16.6 Å². The summed E-state index contributed by atoms with van der Waals surface area (Å²) in [6.07, 6.45) is 7.04. The fourth-order valence-electron chi connectivity index (χ4n) is 2.64. The number of aryl methyl sites for hydroxylation is 1. The van der Waals surface area contributed by atoms with E-state index in [1.54, 1.807) is 15.2 Å². The number of nitrogens with zero attached hydrogens (tertiary/aromatic N) is 3. The van der Waals surface area contributed by atoms with Crippen molar-refractivity contribution in [3.63, 3.8) is 0 Å². The van der Waals surface area contributed by atoms with Crippen LogP contribution in [0, 0.1) is 5.92 Å². The SMILES string of the molecule is CNCCCn1cc(S(=O)(=O)N2CCCC(C)CC2)cn1. The minimum atomic E-state index is -3.38. The summed E-state index contributed by atoms with van der Waals surface area (Å²) >= 11 is 0. The fourth-order valence-corrected chi connectivity index (χ4v) is 4.09. The van der Waals surface area contributed by atoms with Gasteiger partial charge in [-0.05, 0) is 45.2 Å². The number of aromatic nitrogens is 2. The lowest BCUT2D eigenvalue weighted by molar-refractivity contribution is 0.416. The second kappa shape index (κ2) is 7.38. The first kappa shape index (κ1) is 16.5. The highest BCUT2D eigenvalue weighted by Crippen LogP contribution is 2.22. The van der Waals surface area contributed by atoms with Crippen molar-refractivity contribution in [3.05, 3.63) is 12.4 Å². The van der Waals surface area contributed by atoms with E-state index in [1.165, 1.54) is 6.20 Å². The molecular formula is C14H26N4O2S. The van der Waals surface area contributed by atoms with Crippen LogP contribution < -0.4 is 5.32 Å². The molecule has 1 aromatic heterocycles. The van der Waals surface area contributed by atoms with E-state index in [-0.39, 0.29) is 0 Å². The van der Waals surface area contributed by atoms with Crippen LogP contribution in [0.5, 0.6) is 0 Å². The second-order valence-corrected chi connectivity index (χ2v) is 7.77. The van der Waals surface area contributed by atoms with Crippen LogP contribution in [0.15, 0.2) is 17.3 Å². The number of rotatable bonds is 6. The van der Waals surface area contributed by atoms with Gasteiger partial charge in [-0.3, -0.25) is 4.68 Å². The van der Waals surface area contributed by atoms with Crippen molar-refractivity contribution in [1.82, 2.24) is 19.4 Å². The minimum absolute atomic E-state index is 0.321. The zero-order valence-corrected chi connectivity index (χ0v) is 13.8. The smallest absolute Gasteiger partial charge is 0.246 e. The Morgan fingerprint density at radius 3 is 2.95 bits per heavy atom. The lowest BCUT2D eigenvalue weighted by atomic mass is 10.0. The summed E-state index contributed by atoms with van der Waals surface area (Å²) < 4.78 is 28.6. The molecule has 21 heavy (non-hydrogen) atoms. The van der Waals surface area contributed by atoms with Crippen LogP contribution in [0.2, 0.25) is 0 Å². The molecule has 0 spiro atoms. The van der Waals surface area contributed by atoms with Gasteiger partial charge in [0, 0.05) is 25.8 Å². The first-order chi connectivity index (χ1) is 10.0. The maximum absolute atomic E-state index is 12.7. The van der Waals surface area contributed by atoms with Gasteiger partial charge in [0.05, 0.1) is 6.20 Å². The van der Waals surface area contributed by atoms with Crippen molar-refractivity contribution < 1.29 is 8.42 Å². The molecule has 0 amide bonds. The summed E-state index contributed by atoms with van der Waals surface area (Å²) in [4.78, 5) is 0.321. The Morgan fingerprint density at radius 1 is 1.38 bits per heavy atom. The van der Waals surface area contributed by atoms with Crippen molar-refractivity contribution in [2.45, 2.75) is 44.0 Å². The van der Waals surface area contributed by atoms with Gasteiger partial charge in [0.15, 0.2) is 0 Å². The van der Waals surface area contributed by atoms with E-state index in [0.29, 0.717) is 23.9 Å². The minimum Gasteiger partial charge on any atom is -0.320 e. The van der Waals surface area contributed by atoms with Crippen LogP contribution in [-0.4, -0.2) is 49.2 Å². The average Bonchev–Trinajstić information content (AvgIpc) is 2.81. The van der Waals surface area contributed by atoms with E-state index in [4.69, 9.17) is 0 Å². The second-order valence-electron chi connectivity index (χ2n) is 5.84. The van der Waals surface area contributed by atoms with E-state index in [9.17, 15) is 8.42 Å². The average molecular weight is 314 g/mol. The van der Waals surface area contributed by atoms with Gasteiger partial charge in [0.1, 0.15) is 4.90 Å². The van der Waals surface area contributed by atoms with Crippen molar-refractivity contribution in [2.75, 3.05) is 26.7 Å². The summed E-state index contributed by atoms with van der Waals surface area (Å²) in [6.45, 7) is 5.06. The highest BCUT2D eigenvalue weighted by atomic mass is 32.2. The molecule has 1 fully saturated rings. The van der Waals surface area contributed by atoms with Gasteiger partial charge in [-0.15, -0.1) is 0 Å². The lowest BCUT2D eigenvalue weighted by Crippen LogP contribution is -2.31. The van der Waals surface area contributed by atoms with Crippen LogP contribution in [0.3, 0.4) is 0 Å². The maximum atomic E-state index is 12.7. The van der Waals surface area contributed by atoms with E-state index in [1.807, 2.05) is 7.05 Å². The first-order valence-electron chi connectivity index (χ1n) is 7.71. The van der Waals surface area contributed by atoms with Crippen molar-refractivity contribution in [2.24, 2.45) is 5.92 Å². The quantitative estimate of drug-likeness (QED) is 0.804. The number of hydrogen-bond donors (Lipinski definition) is 1. The molecule has 1 N–H and O–H groups in total. The van der Waals surface area contributed by atoms with Crippen LogP contribution in [0.1, 0.15) is 32.6 Å². The molecule has 7 heteroatoms. The third-order valence-corrected chi connectivity index (χ3v) is 5.89. The van der Waals surface area contributed by atoms with Crippen LogP contribution in [0.25, 0.3) is 0 Å². The van der Waals surface area contributed by atoms with Crippen molar-refractivity contribution in [1.29, 1.82) is 0 Å². The molecule has 0 bridgehead atoms. The topological polar surface area (TPSA) is 67.2 Å². The van der Waals surface area contributed by atoms with Crippen molar-refractivity contribution in [3.8, 4) is 0 Å². The molecule has 6 nitrogen and oxygen atoms in total. The predicted molar refractivity (Wildman–Crippen MR) is 82.5 cm³/mol. The van der Waals surface area contributed by atoms with Gasteiger partial charge >= 0.3 is 0 Å². The third-order valence-electron chi connectivity index (χ3n) is 4.04. The molecule has 1 saturated heterocycles. The largest absolute Gasteiger partial charge is 0.320 e.